The fourth-order valence-electron chi connectivity index (χ4n) is 1.77. The molecule has 0 nitrogen and oxygen atoms in total. The van der Waals surface area contributed by atoms with E-state index in [1.807, 2.05) is 11.8 Å². The Labute approximate surface area is 127 Å². The van der Waals surface area contributed by atoms with E-state index in [1.54, 1.807) is 0 Å². The van der Waals surface area contributed by atoms with E-state index in [4.69, 9.17) is 0 Å². The van der Waals surface area contributed by atoms with Crippen LogP contribution in [0.25, 0.3) is 5.57 Å². The summed E-state index contributed by atoms with van der Waals surface area (Å²) < 4.78 is 2.14. The quantitative estimate of drug-likeness (QED) is 0.489. The molecule has 0 saturated carbocycles. The summed E-state index contributed by atoms with van der Waals surface area (Å²) in [6.07, 6.45) is 0. The van der Waals surface area contributed by atoms with Crippen molar-refractivity contribution in [1.82, 2.24) is 0 Å². The lowest BCUT2D eigenvalue weighted by Crippen LogP contribution is -1.89. The lowest BCUT2D eigenvalue weighted by atomic mass is 10.0. The fourth-order valence-corrected chi connectivity index (χ4v) is 3.03. The molecule has 0 saturated heterocycles. The van der Waals surface area contributed by atoms with Crippen molar-refractivity contribution in [3.63, 3.8) is 0 Å². The zero-order valence-electron chi connectivity index (χ0n) is 10.3. The van der Waals surface area contributed by atoms with Crippen molar-refractivity contribution >= 4 is 39.9 Å². The van der Waals surface area contributed by atoms with E-state index in [1.165, 1.54) is 21.6 Å². The molecule has 0 unspecified atom stereocenters. The van der Waals surface area contributed by atoms with Gasteiger partial charge in [0, 0.05) is 10.6 Å². The molecule has 0 N–H and O–H groups in total. The molecule has 0 bridgehead atoms. The summed E-state index contributed by atoms with van der Waals surface area (Å²) in [5.41, 5.74) is 4.09. The van der Waals surface area contributed by atoms with Gasteiger partial charge in [0.2, 0.25) is 0 Å². The van der Waals surface area contributed by atoms with Gasteiger partial charge in [-0.2, -0.15) is 0 Å². The molecule has 92 valence electrons. The van der Waals surface area contributed by atoms with Crippen molar-refractivity contribution in [2.45, 2.75) is 17.6 Å². The zero-order chi connectivity index (χ0) is 12.8. The van der Waals surface area contributed by atoms with E-state index >= 15 is 0 Å². The molecule has 0 radical (unpaired) electrons. The van der Waals surface area contributed by atoms with Gasteiger partial charge >= 0.3 is 0 Å². The first-order chi connectivity index (χ1) is 8.81. The molecule has 18 heavy (non-hydrogen) atoms. The van der Waals surface area contributed by atoms with Crippen LogP contribution in [0.5, 0.6) is 0 Å². The first-order valence-corrected chi connectivity index (χ1v) is 8.07. The van der Waals surface area contributed by atoms with Crippen molar-refractivity contribution in [3.05, 3.63) is 69.8 Å². The van der Waals surface area contributed by atoms with Crippen LogP contribution >= 0.6 is 34.4 Å². The van der Waals surface area contributed by atoms with Crippen LogP contribution < -0.4 is 0 Å². The van der Waals surface area contributed by atoms with Crippen molar-refractivity contribution in [1.29, 1.82) is 0 Å². The van der Waals surface area contributed by atoms with Crippen molar-refractivity contribution in [2.75, 3.05) is 0 Å². The lowest BCUT2D eigenvalue weighted by Gasteiger charge is -2.09. The predicted octanol–water partition coefficient (Wildman–Crippen LogP) is 5.77. The predicted molar refractivity (Wildman–Crippen MR) is 90.1 cm³/mol. The molecular formula is C16H15IS. The molecule has 2 aromatic rings. The monoisotopic (exact) mass is 366 g/mol. The molecule has 2 aromatic carbocycles. The minimum atomic E-state index is 1.02. The number of halogens is 1. The van der Waals surface area contributed by atoms with Crippen molar-refractivity contribution in [3.8, 4) is 0 Å². The van der Waals surface area contributed by atoms with Gasteiger partial charge in [0.15, 0.2) is 0 Å². The Kier molecular flexibility index (Phi) is 5.32. The average molecular weight is 366 g/mol. The first-order valence-electron chi connectivity index (χ1n) is 5.84. The van der Waals surface area contributed by atoms with E-state index in [0.29, 0.717) is 0 Å². The third-order valence-electron chi connectivity index (χ3n) is 2.74. The zero-order valence-corrected chi connectivity index (χ0v) is 13.2. The Morgan fingerprint density at radius 3 is 2.44 bits per heavy atom. The van der Waals surface area contributed by atoms with Gasteiger partial charge in [-0.25, -0.2) is 0 Å². The molecule has 0 aliphatic rings. The van der Waals surface area contributed by atoms with Gasteiger partial charge in [0.1, 0.15) is 0 Å². The Balaban J connectivity index is 2.15. The Bertz CT molecular complexity index is 532. The second kappa shape index (κ2) is 7.00. The molecule has 2 heteroatoms. The number of thioether (sulfide) groups is 1. The van der Waals surface area contributed by atoms with Gasteiger partial charge in [-0.3, -0.25) is 0 Å². The highest BCUT2D eigenvalue weighted by Gasteiger charge is 2.03. The van der Waals surface area contributed by atoms with Crippen LogP contribution in [0.1, 0.15) is 18.1 Å². The van der Waals surface area contributed by atoms with Gasteiger partial charge in [0.05, 0.1) is 0 Å². The summed E-state index contributed by atoms with van der Waals surface area (Å²) in [4.78, 5) is 1.32. The molecular weight excluding hydrogens is 351 g/mol. The van der Waals surface area contributed by atoms with Crippen LogP contribution in [0.3, 0.4) is 0 Å². The van der Waals surface area contributed by atoms with Crippen molar-refractivity contribution < 1.29 is 0 Å². The van der Waals surface area contributed by atoms with E-state index in [0.717, 1.165) is 5.75 Å². The molecule has 0 aromatic heterocycles. The normalized spacial score (nSPS) is 11.6. The third-order valence-corrected chi connectivity index (χ3v) is 4.74. The summed E-state index contributed by atoms with van der Waals surface area (Å²) in [5.74, 6) is 1.02. The molecule has 0 amide bonds. The lowest BCUT2D eigenvalue weighted by molar-refractivity contribution is 1.35. The fraction of sp³-hybridized carbons (Fsp3) is 0.125. The van der Waals surface area contributed by atoms with Gasteiger partial charge in [-0.1, -0.05) is 65.1 Å². The van der Waals surface area contributed by atoms with Gasteiger partial charge < -0.3 is 0 Å². The number of benzene rings is 2. The number of hydrogen-bond acceptors (Lipinski definition) is 1. The largest absolute Gasteiger partial charge is 0.121 e. The maximum atomic E-state index is 2.30. The van der Waals surface area contributed by atoms with E-state index in [9.17, 15) is 0 Å². The third kappa shape index (κ3) is 3.62. The molecule has 0 atom stereocenters. The highest BCUT2D eigenvalue weighted by atomic mass is 127. The molecule has 0 aliphatic heterocycles. The molecule has 0 heterocycles. The second-order valence-corrected chi connectivity index (χ2v) is 5.72. The molecule has 0 fully saturated rings. The van der Waals surface area contributed by atoms with Crippen LogP contribution in [0, 0.1) is 0 Å². The minimum absolute atomic E-state index is 1.02. The summed E-state index contributed by atoms with van der Waals surface area (Å²) in [5, 5.41) is 0. The van der Waals surface area contributed by atoms with Gasteiger partial charge in [-0.05, 0) is 39.8 Å². The van der Waals surface area contributed by atoms with Crippen LogP contribution in [0.15, 0.2) is 63.6 Å². The van der Waals surface area contributed by atoms with Crippen LogP contribution in [0.2, 0.25) is 0 Å². The highest BCUT2D eigenvalue weighted by molar-refractivity contribution is 14.1. The second-order valence-electron chi connectivity index (χ2n) is 4.05. The number of allylic oxidation sites excluding steroid dienone is 1. The SMILES string of the molecule is C/C(=C\I)c1ccccc1CSc1ccccc1. The Morgan fingerprint density at radius 2 is 1.72 bits per heavy atom. The molecule has 2 rings (SSSR count). The number of rotatable bonds is 4. The maximum absolute atomic E-state index is 2.30. The molecule has 0 aliphatic carbocycles. The topological polar surface area (TPSA) is 0 Å². The summed E-state index contributed by atoms with van der Waals surface area (Å²) in [6, 6.07) is 19.2. The van der Waals surface area contributed by atoms with Crippen LogP contribution in [0.4, 0.5) is 0 Å². The minimum Gasteiger partial charge on any atom is -0.121 e. The average Bonchev–Trinajstić information content (AvgIpc) is 2.45. The van der Waals surface area contributed by atoms with E-state index < -0.39 is 0 Å². The van der Waals surface area contributed by atoms with E-state index in [2.05, 4.69) is 88.2 Å². The van der Waals surface area contributed by atoms with Gasteiger partial charge in [0.25, 0.3) is 0 Å². The smallest absolute Gasteiger partial charge is 0.0238 e. The first kappa shape index (κ1) is 13.7. The number of hydrogen-bond donors (Lipinski definition) is 0. The summed E-state index contributed by atoms with van der Waals surface area (Å²) in [7, 11) is 0. The van der Waals surface area contributed by atoms with Crippen LogP contribution in [-0.4, -0.2) is 0 Å². The highest BCUT2D eigenvalue weighted by Crippen LogP contribution is 2.27. The Morgan fingerprint density at radius 1 is 1.06 bits per heavy atom. The Hall–Kier alpha value is -0.740. The summed E-state index contributed by atoms with van der Waals surface area (Å²) in [6.45, 7) is 2.17. The van der Waals surface area contributed by atoms with Crippen LogP contribution in [-0.2, 0) is 5.75 Å². The molecule has 0 spiro atoms. The van der Waals surface area contributed by atoms with Gasteiger partial charge in [-0.15, -0.1) is 11.8 Å². The summed E-state index contributed by atoms with van der Waals surface area (Å²) >= 11 is 4.19. The maximum Gasteiger partial charge on any atom is 0.0238 e. The van der Waals surface area contributed by atoms with E-state index in [-0.39, 0.29) is 0 Å². The van der Waals surface area contributed by atoms with Crippen molar-refractivity contribution in [2.24, 2.45) is 0 Å². The standard InChI is InChI=1S/C16H15IS/c1-13(11-17)16-10-6-5-7-14(16)12-18-15-8-3-2-4-9-15/h2-11H,12H2,1H3/b13-11+.